The van der Waals surface area contributed by atoms with Gasteiger partial charge in [0, 0.05) is 24.7 Å². The Labute approximate surface area is 130 Å². The minimum atomic E-state index is 0. The van der Waals surface area contributed by atoms with Crippen LogP contribution in [0.5, 0.6) is 0 Å². The van der Waals surface area contributed by atoms with E-state index in [9.17, 15) is 0 Å². The van der Waals surface area contributed by atoms with Crippen LogP contribution in [0.25, 0.3) is 10.8 Å². The van der Waals surface area contributed by atoms with E-state index >= 15 is 0 Å². The molecule has 0 aliphatic carbocycles. The quantitative estimate of drug-likeness (QED) is 0.797. The lowest BCUT2D eigenvalue weighted by Gasteiger charge is -2.31. The van der Waals surface area contributed by atoms with E-state index in [4.69, 9.17) is 0 Å². The number of hydrogen-bond acceptors (Lipinski definition) is 2. The smallest absolute Gasteiger partial charge is 0.136 e. The summed E-state index contributed by atoms with van der Waals surface area (Å²) >= 11 is 0. The average Bonchev–Trinajstić information content (AvgIpc) is 2.39. The molecular formula is C15H23BrN2O2. The number of rotatable bonds is 1. The lowest BCUT2D eigenvalue weighted by molar-refractivity contribution is 0.437. The Bertz CT molecular complexity index is 523. The van der Waals surface area contributed by atoms with Crippen LogP contribution >= 0.6 is 17.0 Å². The molecule has 20 heavy (non-hydrogen) atoms. The van der Waals surface area contributed by atoms with Crippen molar-refractivity contribution in [3.05, 3.63) is 36.5 Å². The summed E-state index contributed by atoms with van der Waals surface area (Å²) in [5.74, 6) is 2.02. The highest BCUT2D eigenvalue weighted by Gasteiger charge is 2.18. The number of anilines is 1. The Morgan fingerprint density at radius 1 is 1.05 bits per heavy atom. The van der Waals surface area contributed by atoms with E-state index in [0.29, 0.717) is 0 Å². The van der Waals surface area contributed by atoms with E-state index in [1.165, 1.54) is 23.6 Å². The van der Waals surface area contributed by atoms with Gasteiger partial charge in [-0.1, -0.05) is 31.2 Å². The van der Waals surface area contributed by atoms with Crippen LogP contribution in [0.15, 0.2) is 36.5 Å². The van der Waals surface area contributed by atoms with Crippen molar-refractivity contribution in [1.29, 1.82) is 0 Å². The van der Waals surface area contributed by atoms with Crippen LogP contribution in [0.1, 0.15) is 19.8 Å². The zero-order valence-electron chi connectivity index (χ0n) is 11.7. The first-order valence-electron chi connectivity index (χ1n) is 6.43. The molecule has 5 heteroatoms. The number of pyridine rings is 1. The third-order valence-electron chi connectivity index (χ3n) is 3.74. The van der Waals surface area contributed by atoms with Gasteiger partial charge in [-0.3, -0.25) is 0 Å². The van der Waals surface area contributed by atoms with E-state index < -0.39 is 0 Å². The van der Waals surface area contributed by atoms with Crippen LogP contribution in [0, 0.1) is 5.92 Å². The molecule has 1 aliphatic heterocycles. The van der Waals surface area contributed by atoms with Gasteiger partial charge >= 0.3 is 0 Å². The molecular weight excluding hydrogens is 320 g/mol. The molecule has 3 rings (SSSR count). The van der Waals surface area contributed by atoms with E-state index in [1.54, 1.807) is 0 Å². The first-order chi connectivity index (χ1) is 8.34. The van der Waals surface area contributed by atoms with Gasteiger partial charge in [0.05, 0.1) is 0 Å². The molecule has 4 nitrogen and oxygen atoms in total. The van der Waals surface area contributed by atoms with Crippen molar-refractivity contribution in [2.75, 3.05) is 18.0 Å². The van der Waals surface area contributed by atoms with Crippen LogP contribution in [-0.2, 0) is 0 Å². The molecule has 1 aromatic carbocycles. The number of hydrogen-bond donors (Lipinski definition) is 0. The fraction of sp³-hybridized carbons (Fsp3) is 0.400. The molecule has 0 spiro atoms. The molecule has 0 amide bonds. The number of benzene rings is 1. The van der Waals surface area contributed by atoms with E-state index in [1.807, 2.05) is 6.20 Å². The van der Waals surface area contributed by atoms with Crippen LogP contribution in [0.4, 0.5) is 5.82 Å². The summed E-state index contributed by atoms with van der Waals surface area (Å²) in [6.45, 7) is 4.62. The minimum Gasteiger partial charge on any atom is -0.412 e. The Morgan fingerprint density at radius 2 is 1.70 bits per heavy atom. The number of fused-ring (bicyclic) bond motifs is 1. The van der Waals surface area contributed by atoms with Gasteiger partial charge in [-0.15, -0.1) is 17.0 Å². The van der Waals surface area contributed by atoms with E-state index in [-0.39, 0.29) is 27.9 Å². The summed E-state index contributed by atoms with van der Waals surface area (Å²) in [7, 11) is 0. The molecule has 1 aromatic heterocycles. The molecule has 4 N–H and O–H groups in total. The number of aromatic nitrogens is 1. The van der Waals surface area contributed by atoms with Crippen molar-refractivity contribution < 1.29 is 11.0 Å². The van der Waals surface area contributed by atoms with Crippen LogP contribution in [0.3, 0.4) is 0 Å². The van der Waals surface area contributed by atoms with Crippen LogP contribution in [-0.4, -0.2) is 29.0 Å². The highest BCUT2D eigenvalue weighted by atomic mass is 79.9. The maximum Gasteiger partial charge on any atom is 0.136 e. The Kier molecular flexibility index (Phi) is 7.71. The minimum absolute atomic E-state index is 0. The Morgan fingerprint density at radius 3 is 2.40 bits per heavy atom. The normalized spacial score (nSPS) is 14.9. The predicted octanol–water partition coefficient (Wildman–Crippen LogP) is 2.40. The van der Waals surface area contributed by atoms with Crippen molar-refractivity contribution in [1.82, 2.24) is 4.98 Å². The second kappa shape index (κ2) is 8.19. The van der Waals surface area contributed by atoms with Crippen LogP contribution < -0.4 is 4.90 Å². The van der Waals surface area contributed by atoms with Crippen molar-refractivity contribution in [3.8, 4) is 0 Å². The Hall–Kier alpha value is -1.17. The molecule has 1 fully saturated rings. The molecule has 112 valence electrons. The molecule has 0 bridgehead atoms. The fourth-order valence-electron chi connectivity index (χ4n) is 2.58. The van der Waals surface area contributed by atoms with E-state index in [2.05, 4.69) is 47.1 Å². The summed E-state index contributed by atoms with van der Waals surface area (Å²) in [5, 5.41) is 2.57. The average molecular weight is 343 g/mol. The monoisotopic (exact) mass is 342 g/mol. The van der Waals surface area contributed by atoms with Crippen molar-refractivity contribution in [2.45, 2.75) is 19.8 Å². The Balaban J connectivity index is 0.00000120. The SMILES string of the molecule is Br.CC1CCN(c2nccc3ccccc23)CC1.O.O. The topological polar surface area (TPSA) is 79.1 Å². The number of nitrogens with zero attached hydrogens (tertiary/aromatic N) is 2. The van der Waals surface area contributed by atoms with Gasteiger partial charge in [-0.25, -0.2) is 4.98 Å². The maximum absolute atomic E-state index is 4.58. The first kappa shape index (κ1) is 18.8. The fourth-order valence-corrected chi connectivity index (χ4v) is 2.58. The standard InChI is InChI=1S/C15H18N2.BrH.2H2O/c1-12-7-10-17(11-8-12)15-14-5-3-2-4-13(14)6-9-16-15;;;/h2-6,9,12H,7-8,10-11H2,1H3;1H;2*1H2. The highest BCUT2D eigenvalue weighted by molar-refractivity contribution is 8.93. The molecule has 0 saturated carbocycles. The molecule has 2 heterocycles. The lowest BCUT2D eigenvalue weighted by Crippen LogP contribution is -2.33. The lowest BCUT2D eigenvalue weighted by atomic mass is 9.99. The van der Waals surface area contributed by atoms with E-state index in [0.717, 1.165) is 24.8 Å². The van der Waals surface area contributed by atoms with Crippen LogP contribution in [0.2, 0.25) is 0 Å². The molecule has 0 radical (unpaired) electrons. The maximum atomic E-state index is 4.58. The summed E-state index contributed by atoms with van der Waals surface area (Å²) in [5.41, 5.74) is 0. The van der Waals surface area contributed by atoms with Gasteiger partial charge in [0.1, 0.15) is 5.82 Å². The second-order valence-electron chi connectivity index (χ2n) is 5.03. The van der Waals surface area contributed by atoms with Crippen molar-refractivity contribution in [3.63, 3.8) is 0 Å². The molecule has 1 saturated heterocycles. The summed E-state index contributed by atoms with van der Waals surface area (Å²) < 4.78 is 0. The van der Waals surface area contributed by atoms with Gasteiger partial charge in [0.15, 0.2) is 0 Å². The molecule has 0 unspecified atom stereocenters. The molecule has 2 aromatic rings. The van der Waals surface area contributed by atoms with Gasteiger partial charge in [-0.05, 0) is 30.2 Å². The van der Waals surface area contributed by atoms with Gasteiger partial charge in [0.2, 0.25) is 0 Å². The van der Waals surface area contributed by atoms with Crippen molar-refractivity contribution >= 4 is 33.6 Å². The predicted molar refractivity (Wildman–Crippen MR) is 89.9 cm³/mol. The summed E-state index contributed by atoms with van der Waals surface area (Å²) in [6.07, 6.45) is 4.49. The van der Waals surface area contributed by atoms with Gasteiger partial charge in [0.25, 0.3) is 0 Å². The van der Waals surface area contributed by atoms with Gasteiger partial charge in [-0.2, -0.15) is 0 Å². The molecule has 1 aliphatic rings. The zero-order valence-corrected chi connectivity index (χ0v) is 13.4. The zero-order chi connectivity index (χ0) is 11.7. The third-order valence-corrected chi connectivity index (χ3v) is 3.74. The largest absolute Gasteiger partial charge is 0.412 e. The number of piperidine rings is 1. The second-order valence-corrected chi connectivity index (χ2v) is 5.03. The summed E-state index contributed by atoms with van der Waals surface area (Å²) in [4.78, 5) is 7.01. The van der Waals surface area contributed by atoms with Crippen molar-refractivity contribution in [2.24, 2.45) is 5.92 Å². The van der Waals surface area contributed by atoms with Gasteiger partial charge < -0.3 is 15.9 Å². The highest BCUT2D eigenvalue weighted by Crippen LogP contribution is 2.27. The number of halogens is 1. The molecule has 0 atom stereocenters. The summed E-state index contributed by atoms with van der Waals surface area (Å²) in [6, 6.07) is 10.6. The third kappa shape index (κ3) is 3.69. The first-order valence-corrected chi connectivity index (χ1v) is 6.43.